The maximum atomic E-state index is 12.1. The summed E-state index contributed by atoms with van der Waals surface area (Å²) >= 11 is 0. The predicted molar refractivity (Wildman–Crippen MR) is 79.6 cm³/mol. The number of nitrogens with two attached hydrogens (primary N) is 1. The van der Waals surface area contributed by atoms with Gasteiger partial charge in [-0.15, -0.1) is 0 Å². The standard InChI is InChI=1S/C16H20N2O2/c1-4-18-9-14(17)8-15(18)16(19)20-10-13-6-5-11(2)12(3)7-13/h5-9H,4,10,17H2,1-3H3. The smallest absolute Gasteiger partial charge is 0.355 e. The van der Waals surface area contributed by atoms with Gasteiger partial charge in [-0.2, -0.15) is 0 Å². The van der Waals surface area contributed by atoms with Gasteiger partial charge in [0.05, 0.1) is 5.69 Å². The molecule has 0 atom stereocenters. The zero-order valence-corrected chi connectivity index (χ0v) is 12.1. The van der Waals surface area contributed by atoms with Crippen molar-refractivity contribution in [3.8, 4) is 0 Å². The van der Waals surface area contributed by atoms with E-state index in [0.29, 0.717) is 17.9 Å². The van der Waals surface area contributed by atoms with E-state index in [2.05, 4.69) is 6.92 Å². The third-order valence-electron chi connectivity index (χ3n) is 3.41. The van der Waals surface area contributed by atoms with E-state index < -0.39 is 0 Å². The number of hydrogen-bond acceptors (Lipinski definition) is 3. The van der Waals surface area contributed by atoms with Crippen molar-refractivity contribution in [2.45, 2.75) is 33.9 Å². The highest BCUT2D eigenvalue weighted by Crippen LogP contribution is 2.14. The molecule has 0 unspecified atom stereocenters. The molecule has 0 saturated heterocycles. The molecule has 2 N–H and O–H groups in total. The minimum Gasteiger partial charge on any atom is -0.456 e. The molecular weight excluding hydrogens is 252 g/mol. The predicted octanol–water partition coefficient (Wildman–Crippen LogP) is 3.06. The molecule has 4 nitrogen and oxygen atoms in total. The number of carbonyl (C=O) groups excluding carboxylic acids is 1. The summed E-state index contributed by atoms with van der Waals surface area (Å²) in [5, 5.41) is 0. The number of esters is 1. The molecule has 0 aliphatic rings. The van der Waals surface area contributed by atoms with Gasteiger partial charge < -0.3 is 15.0 Å². The molecule has 0 aliphatic heterocycles. The molecule has 106 valence electrons. The molecule has 0 amide bonds. The lowest BCUT2D eigenvalue weighted by Gasteiger charge is -2.08. The molecule has 0 aliphatic carbocycles. The van der Waals surface area contributed by atoms with Gasteiger partial charge in [-0.3, -0.25) is 0 Å². The number of carbonyl (C=O) groups is 1. The Morgan fingerprint density at radius 1 is 1.25 bits per heavy atom. The first-order valence-electron chi connectivity index (χ1n) is 6.70. The summed E-state index contributed by atoms with van der Waals surface area (Å²) in [6.07, 6.45) is 1.74. The van der Waals surface area contributed by atoms with Crippen molar-refractivity contribution in [1.29, 1.82) is 0 Å². The number of benzene rings is 1. The first-order valence-corrected chi connectivity index (χ1v) is 6.70. The summed E-state index contributed by atoms with van der Waals surface area (Å²) in [7, 11) is 0. The van der Waals surface area contributed by atoms with Gasteiger partial charge in [0.1, 0.15) is 12.3 Å². The molecule has 0 bridgehead atoms. The highest BCUT2D eigenvalue weighted by Gasteiger charge is 2.13. The fourth-order valence-electron chi connectivity index (χ4n) is 2.08. The number of hydrogen-bond donors (Lipinski definition) is 1. The highest BCUT2D eigenvalue weighted by molar-refractivity contribution is 5.89. The lowest BCUT2D eigenvalue weighted by Crippen LogP contribution is -2.11. The summed E-state index contributed by atoms with van der Waals surface area (Å²) in [5.41, 5.74) is 10.2. The lowest BCUT2D eigenvalue weighted by atomic mass is 10.1. The van der Waals surface area contributed by atoms with E-state index in [4.69, 9.17) is 10.5 Å². The van der Waals surface area contributed by atoms with Crippen LogP contribution in [0.5, 0.6) is 0 Å². The SMILES string of the molecule is CCn1cc(N)cc1C(=O)OCc1ccc(C)c(C)c1. The highest BCUT2D eigenvalue weighted by atomic mass is 16.5. The van der Waals surface area contributed by atoms with Crippen molar-refractivity contribution in [1.82, 2.24) is 4.57 Å². The Hall–Kier alpha value is -2.23. The molecule has 0 spiro atoms. The van der Waals surface area contributed by atoms with Crippen molar-refractivity contribution in [2.75, 3.05) is 5.73 Å². The summed E-state index contributed by atoms with van der Waals surface area (Å²) in [4.78, 5) is 12.1. The lowest BCUT2D eigenvalue weighted by molar-refractivity contribution is 0.0460. The largest absolute Gasteiger partial charge is 0.456 e. The molecule has 0 radical (unpaired) electrons. The number of ether oxygens (including phenoxy) is 1. The number of rotatable bonds is 4. The van der Waals surface area contributed by atoms with Gasteiger partial charge in [0.25, 0.3) is 0 Å². The topological polar surface area (TPSA) is 57.2 Å². The van der Waals surface area contributed by atoms with Gasteiger partial charge in [-0.1, -0.05) is 18.2 Å². The second-order valence-corrected chi connectivity index (χ2v) is 4.94. The van der Waals surface area contributed by atoms with Crippen LogP contribution in [0.2, 0.25) is 0 Å². The van der Waals surface area contributed by atoms with Crippen molar-refractivity contribution in [3.05, 3.63) is 52.8 Å². The van der Waals surface area contributed by atoms with E-state index in [9.17, 15) is 4.79 Å². The number of nitrogens with zero attached hydrogens (tertiary/aromatic N) is 1. The minimum absolute atomic E-state index is 0.273. The average Bonchev–Trinajstić information content (AvgIpc) is 2.81. The van der Waals surface area contributed by atoms with E-state index in [1.165, 1.54) is 11.1 Å². The Labute approximate surface area is 119 Å². The van der Waals surface area contributed by atoms with Gasteiger partial charge >= 0.3 is 5.97 Å². The van der Waals surface area contributed by atoms with Gasteiger partial charge in [0.2, 0.25) is 0 Å². The Morgan fingerprint density at radius 3 is 2.65 bits per heavy atom. The molecule has 2 aromatic rings. The van der Waals surface area contributed by atoms with Crippen LogP contribution in [-0.2, 0) is 17.9 Å². The van der Waals surface area contributed by atoms with Crippen molar-refractivity contribution < 1.29 is 9.53 Å². The number of anilines is 1. The Balaban J connectivity index is 2.06. The molecule has 4 heteroatoms. The molecule has 1 heterocycles. The van der Waals surface area contributed by atoms with Crippen LogP contribution in [-0.4, -0.2) is 10.5 Å². The molecule has 1 aromatic heterocycles. The Bertz CT molecular complexity index is 629. The van der Waals surface area contributed by atoms with Crippen LogP contribution in [0, 0.1) is 13.8 Å². The van der Waals surface area contributed by atoms with Crippen LogP contribution in [0.15, 0.2) is 30.5 Å². The third kappa shape index (κ3) is 3.02. The summed E-state index contributed by atoms with van der Waals surface area (Å²) < 4.78 is 7.14. The van der Waals surface area contributed by atoms with Crippen LogP contribution in [0.3, 0.4) is 0 Å². The monoisotopic (exact) mass is 272 g/mol. The first kappa shape index (κ1) is 14.2. The Kier molecular flexibility index (Phi) is 4.13. The fraction of sp³-hybridized carbons (Fsp3) is 0.312. The zero-order valence-electron chi connectivity index (χ0n) is 12.1. The maximum absolute atomic E-state index is 12.1. The molecule has 1 aromatic carbocycles. The van der Waals surface area contributed by atoms with Crippen molar-refractivity contribution in [2.24, 2.45) is 0 Å². The van der Waals surface area contributed by atoms with Gasteiger partial charge in [0.15, 0.2) is 0 Å². The maximum Gasteiger partial charge on any atom is 0.355 e. The van der Waals surface area contributed by atoms with Gasteiger partial charge in [0, 0.05) is 12.7 Å². The minimum atomic E-state index is -0.346. The van der Waals surface area contributed by atoms with E-state index in [0.717, 1.165) is 5.56 Å². The van der Waals surface area contributed by atoms with E-state index >= 15 is 0 Å². The molecule has 0 saturated carbocycles. The third-order valence-corrected chi connectivity index (χ3v) is 3.41. The van der Waals surface area contributed by atoms with Gasteiger partial charge in [-0.25, -0.2) is 4.79 Å². The second-order valence-electron chi connectivity index (χ2n) is 4.94. The Morgan fingerprint density at radius 2 is 2.00 bits per heavy atom. The van der Waals surface area contributed by atoms with Crippen molar-refractivity contribution in [3.63, 3.8) is 0 Å². The number of aromatic nitrogens is 1. The van der Waals surface area contributed by atoms with Crippen LogP contribution in [0.25, 0.3) is 0 Å². The van der Waals surface area contributed by atoms with Gasteiger partial charge in [-0.05, 0) is 43.5 Å². The number of aryl methyl sites for hydroxylation is 3. The summed E-state index contributed by atoms with van der Waals surface area (Å²) in [5.74, 6) is -0.346. The van der Waals surface area contributed by atoms with E-state index in [1.54, 1.807) is 16.8 Å². The average molecular weight is 272 g/mol. The van der Waals surface area contributed by atoms with Crippen LogP contribution < -0.4 is 5.73 Å². The normalized spacial score (nSPS) is 10.6. The number of nitrogen functional groups attached to an aromatic ring is 1. The fourth-order valence-corrected chi connectivity index (χ4v) is 2.08. The van der Waals surface area contributed by atoms with Crippen LogP contribution in [0.1, 0.15) is 34.1 Å². The molecule has 0 fully saturated rings. The molecule has 2 rings (SSSR count). The van der Waals surface area contributed by atoms with Crippen molar-refractivity contribution >= 4 is 11.7 Å². The quantitative estimate of drug-likeness (QED) is 0.870. The summed E-state index contributed by atoms with van der Waals surface area (Å²) in [6, 6.07) is 7.69. The molecular formula is C16H20N2O2. The van der Waals surface area contributed by atoms with E-state index in [1.807, 2.05) is 32.0 Å². The van der Waals surface area contributed by atoms with Crippen LogP contribution >= 0.6 is 0 Å². The first-order chi connectivity index (χ1) is 9.51. The second kappa shape index (κ2) is 5.82. The molecule has 20 heavy (non-hydrogen) atoms. The van der Waals surface area contributed by atoms with E-state index in [-0.39, 0.29) is 12.6 Å². The summed E-state index contributed by atoms with van der Waals surface area (Å²) in [6.45, 7) is 7.02. The van der Waals surface area contributed by atoms with Crippen LogP contribution in [0.4, 0.5) is 5.69 Å². The zero-order chi connectivity index (χ0) is 14.7.